The molecule has 0 fully saturated rings. The molecule has 0 aromatic heterocycles. The molecular weight excluding hydrogens is 252 g/mol. The molecule has 0 heterocycles. The smallest absolute Gasteiger partial charge is 0.149 e. The summed E-state index contributed by atoms with van der Waals surface area (Å²) < 4.78 is 21.9. The molecule has 0 aromatic rings. The largest absolute Gasteiger partial charge is 0.229 e. The van der Waals surface area contributed by atoms with E-state index in [2.05, 4.69) is 15.9 Å². The lowest BCUT2D eigenvalue weighted by Gasteiger charge is -2.29. The van der Waals surface area contributed by atoms with E-state index in [1.54, 1.807) is 0 Å². The van der Waals surface area contributed by atoms with Crippen LogP contribution in [-0.2, 0) is 9.84 Å². The molecule has 2 atom stereocenters. The standard InChI is InChI=1S/C9H13BrO2S/c1-8-5-3-4-6-9(8,10)7-13(2,11)12/h3-6,8H,7H2,1-2H3. The molecule has 2 unspecified atom stereocenters. The molecule has 4 heteroatoms. The molecule has 0 radical (unpaired) electrons. The summed E-state index contributed by atoms with van der Waals surface area (Å²) in [5.74, 6) is 0.342. The van der Waals surface area contributed by atoms with Crippen molar-refractivity contribution in [1.82, 2.24) is 0 Å². The summed E-state index contributed by atoms with van der Waals surface area (Å²) in [7, 11) is -2.95. The van der Waals surface area contributed by atoms with Gasteiger partial charge in [-0.15, -0.1) is 0 Å². The fourth-order valence-corrected chi connectivity index (χ4v) is 4.06. The van der Waals surface area contributed by atoms with Crippen molar-refractivity contribution < 1.29 is 8.42 Å². The van der Waals surface area contributed by atoms with Crippen molar-refractivity contribution >= 4 is 25.8 Å². The zero-order chi connectivity index (χ0) is 10.1. The summed E-state index contributed by atoms with van der Waals surface area (Å²) >= 11 is 3.48. The highest BCUT2D eigenvalue weighted by atomic mass is 79.9. The van der Waals surface area contributed by atoms with E-state index in [0.29, 0.717) is 0 Å². The van der Waals surface area contributed by atoms with Gasteiger partial charge in [-0.25, -0.2) is 8.42 Å². The third kappa shape index (κ3) is 2.95. The molecule has 0 bridgehead atoms. The molecule has 74 valence electrons. The van der Waals surface area contributed by atoms with Crippen molar-refractivity contribution in [2.75, 3.05) is 12.0 Å². The number of allylic oxidation sites excluding steroid dienone is 4. The van der Waals surface area contributed by atoms with E-state index in [1.807, 2.05) is 31.2 Å². The normalized spacial score (nSPS) is 33.6. The van der Waals surface area contributed by atoms with Crippen LogP contribution >= 0.6 is 15.9 Å². The maximum absolute atomic E-state index is 11.2. The topological polar surface area (TPSA) is 34.1 Å². The number of rotatable bonds is 2. The monoisotopic (exact) mass is 264 g/mol. The molecule has 0 saturated heterocycles. The predicted molar refractivity (Wildman–Crippen MR) is 58.8 cm³/mol. The molecule has 0 aromatic carbocycles. The maximum Gasteiger partial charge on any atom is 0.149 e. The highest BCUT2D eigenvalue weighted by Crippen LogP contribution is 2.34. The van der Waals surface area contributed by atoms with E-state index in [4.69, 9.17) is 0 Å². The lowest BCUT2D eigenvalue weighted by molar-refractivity contribution is 0.569. The van der Waals surface area contributed by atoms with Crippen molar-refractivity contribution in [3.63, 3.8) is 0 Å². The highest BCUT2D eigenvalue weighted by molar-refractivity contribution is 9.10. The third-order valence-corrected chi connectivity index (χ3v) is 4.76. The number of halogens is 1. The average Bonchev–Trinajstić information content (AvgIpc) is 1.92. The van der Waals surface area contributed by atoms with Crippen LogP contribution in [0.1, 0.15) is 6.92 Å². The van der Waals surface area contributed by atoms with Gasteiger partial charge in [0.1, 0.15) is 9.84 Å². The summed E-state index contributed by atoms with van der Waals surface area (Å²) in [6.07, 6.45) is 8.97. The van der Waals surface area contributed by atoms with Gasteiger partial charge < -0.3 is 0 Å². The van der Waals surface area contributed by atoms with Crippen LogP contribution in [0.4, 0.5) is 0 Å². The number of hydrogen-bond acceptors (Lipinski definition) is 2. The number of sulfone groups is 1. The molecule has 0 spiro atoms. The fourth-order valence-electron chi connectivity index (χ4n) is 1.34. The quantitative estimate of drug-likeness (QED) is 0.715. The molecule has 0 amide bonds. The van der Waals surface area contributed by atoms with Crippen LogP contribution in [0.5, 0.6) is 0 Å². The highest BCUT2D eigenvalue weighted by Gasteiger charge is 2.33. The van der Waals surface area contributed by atoms with Crippen molar-refractivity contribution in [3.05, 3.63) is 24.3 Å². The Morgan fingerprint density at radius 1 is 1.46 bits per heavy atom. The molecule has 1 aliphatic rings. The van der Waals surface area contributed by atoms with Gasteiger partial charge in [-0.2, -0.15) is 0 Å². The Morgan fingerprint density at radius 2 is 2.08 bits per heavy atom. The van der Waals surface area contributed by atoms with E-state index in [1.165, 1.54) is 6.26 Å². The first kappa shape index (κ1) is 11.0. The second-order valence-corrected chi connectivity index (χ2v) is 7.15. The lowest BCUT2D eigenvalue weighted by atomic mass is 9.91. The molecular formula is C9H13BrO2S. The average molecular weight is 265 g/mol. The van der Waals surface area contributed by atoms with Crippen LogP contribution in [-0.4, -0.2) is 24.8 Å². The Balaban J connectivity index is 2.89. The minimum atomic E-state index is -2.95. The molecule has 1 aliphatic carbocycles. The van der Waals surface area contributed by atoms with Gasteiger partial charge >= 0.3 is 0 Å². The van der Waals surface area contributed by atoms with Gasteiger partial charge in [0, 0.05) is 6.26 Å². The molecule has 0 N–H and O–H groups in total. The summed E-state index contributed by atoms with van der Waals surface area (Å²) in [5, 5.41) is 0. The van der Waals surface area contributed by atoms with Crippen LogP contribution in [0, 0.1) is 5.92 Å². The maximum atomic E-state index is 11.2. The van der Waals surface area contributed by atoms with Gasteiger partial charge in [-0.05, 0) is 5.92 Å². The first-order valence-electron chi connectivity index (χ1n) is 4.06. The van der Waals surface area contributed by atoms with Crippen molar-refractivity contribution in [1.29, 1.82) is 0 Å². The number of alkyl halides is 1. The van der Waals surface area contributed by atoms with Gasteiger partial charge in [-0.3, -0.25) is 0 Å². The molecule has 0 saturated carbocycles. The Labute approximate surface area is 87.8 Å². The second-order valence-electron chi connectivity index (χ2n) is 3.53. The second kappa shape index (κ2) is 3.58. The first-order valence-corrected chi connectivity index (χ1v) is 6.91. The van der Waals surface area contributed by atoms with Gasteiger partial charge in [0.25, 0.3) is 0 Å². The Bertz CT molecular complexity index is 343. The van der Waals surface area contributed by atoms with Crippen molar-refractivity contribution in [2.45, 2.75) is 11.2 Å². The Kier molecular flexibility index (Phi) is 3.02. The Hall–Kier alpha value is -0.0900. The molecule has 0 aliphatic heterocycles. The minimum Gasteiger partial charge on any atom is -0.229 e. The first-order chi connectivity index (χ1) is 5.83. The van der Waals surface area contributed by atoms with Crippen LogP contribution < -0.4 is 0 Å². The third-order valence-electron chi connectivity index (χ3n) is 2.12. The van der Waals surface area contributed by atoms with E-state index in [-0.39, 0.29) is 11.7 Å². The van der Waals surface area contributed by atoms with Crippen molar-refractivity contribution in [2.24, 2.45) is 5.92 Å². The van der Waals surface area contributed by atoms with Gasteiger partial charge in [-0.1, -0.05) is 47.2 Å². The van der Waals surface area contributed by atoms with Crippen LogP contribution in [0.25, 0.3) is 0 Å². The SMILES string of the molecule is CC1C=CC=CC1(Br)CS(C)(=O)=O. The van der Waals surface area contributed by atoms with Gasteiger partial charge in [0.15, 0.2) is 0 Å². The summed E-state index contributed by atoms with van der Waals surface area (Å²) in [6, 6.07) is 0. The van der Waals surface area contributed by atoms with E-state index in [0.717, 1.165) is 0 Å². The van der Waals surface area contributed by atoms with Crippen LogP contribution in [0.3, 0.4) is 0 Å². The zero-order valence-corrected chi connectivity index (χ0v) is 10.1. The number of hydrogen-bond donors (Lipinski definition) is 0. The minimum absolute atomic E-state index is 0.141. The van der Waals surface area contributed by atoms with E-state index in [9.17, 15) is 8.42 Å². The molecule has 2 nitrogen and oxygen atoms in total. The summed E-state index contributed by atoms with van der Waals surface area (Å²) in [6.45, 7) is 2.00. The summed E-state index contributed by atoms with van der Waals surface area (Å²) in [4.78, 5) is 0. The van der Waals surface area contributed by atoms with E-state index < -0.39 is 14.2 Å². The van der Waals surface area contributed by atoms with Gasteiger partial charge in [0.05, 0.1) is 10.1 Å². The summed E-state index contributed by atoms with van der Waals surface area (Å²) in [5.41, 5.74) is 0. The lowest BCUT2D eigenvalue weighted by Crippen LogP contribution is -2.35. The van der Waals surface area contributed by atoms with Crippen molar-refractivity contribution in [3.8, 4) is 0 Å². The fraction of sp³-hybridized carbons (Fsp3) is 0.556. The zero-order valence-electron chi connectivity index (χ0n) is 7.70. The molecule has 1 rings (SSSR count). The van der Waals surface area contributed by atoms with Gasteiger partial charge in [0.2, 0.25) is 0 Å². The van der Waals surface area contributed by atoms with Crippen LogP contribution in [0.15, 0.2) is 24.3 Å². The van der Waals surface area contributed by atoms with E-state index >= 15 is 0 Å². The Morgan fingerprint density at radius 3 is 2.54 bits per heavy atom. The predicted octanol–water partition coefficient (Wildman–Crippen LogP) is 1.93. The van der Waals surface area contributed by atoms with Crippen LogP contribution in [0.2, 0.25) is 0 Å². The molecule has 13 heavy (non-hydrogen) atoms.